The number of rotatable bonds is 2. The summed E-state index contributed by atoms with van der Waals surface area (Å²) >= 11 is 4.85. The average molecular weight is 373 g/mol. The Bertz CT molecular complexity index is 390. The SMILES string of the molecule is N#CCc1cnc(Br)c(I)c1C(F)F. The number of hydrogen-bond acceptors (Lipinski definition) is 2. The Morgan fingerprint density at radius 2 is 2.29 bits per heavy atom. The predicted octanol–water partition coefficient (Wildman–Crippen LogP) is 3.45. The van der Waals surface area contributed by atoms with Crippen molar-refractivity contribution in [2.24, 2.45) is 0 Å². The maximum absolute atomic E-state index is 12.6. The fourth-order valence-electron chi connectivity index (χ4n) is 0.975. The van der Waals surface area contributed by atoms with E-state index >= 15 is 0 Å². The predicted molar refractivity (Wildman–Crippen MR) is 58.9 cm³/mol. The highest BCUT2D eigenvalue weighted by molar-refractivity contribution is 14.1. The lowest BCUT2D eigenvalue weighted by Gasteiger charge is -2.08. The van der Waals surface area contributed by atoms with E-state index in [2.05, 4.69) is 20.9 Å². The number of alkyl halides is 2. The molecule has 0 amide bonds. The molecule has 0 aliphatic rings. The second-order valence-electron chi connectivity index (χ2n) is 2.44. The van der Waals surface area contributed by atoms with Crippen molar-refractivity contribution in [3.05, 3.63) is 25.5 Å². The maximum atomic E-state index is 12.6. The van der Waals surface area contributed by atoms with Gasteiger partial charge in [0.15, 0.2) is 0 Å². The van der Waals surface area contributed by atoms with Crippen molar-refractivity contribution in [3.8, 4) is 6.07 Å². The van der Waals surface area contributed by atoms with Gasteiger partial charge in [0.05, 0.1) is 16.1 Å². The third-order valence-corrected chi connectivity index (χ3v) is 4.02. The zero-order valence-electron chi connectivity index (χ0n) is 6.77. The smallest absolute Gasteiger partial charge is 0.248 e. The summed E-state index contributed by atoms with van der Waals surface area (Å²) in [7, 11) is 0. The number of pyridine rings is 1. The number of halogens is 4. The second kappa shape index (κ2) is 4.98. The van der Waals surface area contributed by atoms with E-state index < -0.39 is 6.43 Å². The van der Waals surface area contributed by atoms with Crippen LogP contribution in [0.2, 0.25) is 0 Å². The highest BCUT2D eigenvalue weighted by atomic mass is 127. The molecular weight excluding hydrogens is 369 g/mol. The summed E-state index contributed by atoms with van der Waals surface area (Å²) < 4.78 is 26.0. The minimum atomic E-state index is -2.58. The van der Waals surface area contributed by atoms with E-state index in [-0.39, 0.29) is 17.5 Å². The molecule has 0 atom stereocenters. The lowest BCUT2D eigenvalue weighted by molar-refractivity contribution is 0.149. The lowest BCUT2D eigenvalue weighted by Crippen LogP contribution is -2.00. The first-order valence-corrected chi connectivity index (χ1v) is 5.43. The van der Waals surface area contributed by atoms with Crippen LogP contribution in [0.25, 0.3) is 0 Å². The molecule has 0 spiro atoms. The van der Waals surface area contributed by atoms with E-state index in [1.165, 1.54) is 6.20 Å². The monoisotopic (exact) mass is 372 g/mol. The van der Waals surface area contributed by atoms with Crippen LogP contribution in [0.4, 0.5) is 8.78 Å². The van der Waals surface area contributed by atoms with Crippen LogP contribution in [0.15, 0.2) is 10.8 Å². The highest BCUT2D eigenvalue weighted by Crippen LogP contribution is 2.31. The topological polar surface area (TPSA) is 36.7 Å². The molecule has 0 aromatic carbocycles. The fraction of sp³-hybridized carbons (Fsp3) is 0.250. The normalized spacial score (nSPS) is 10.3. The Morgan fingerprint density at radius 3 is 2.79 bits per heavy atom. The zero-order chi connectivity index (χ0) is 10.7. The van der Waals surface area contributed by atoms with Crippen LogP contribution in [-0.4, -0.2) is 4.98 Å². The summed E-state index contributed by atoms with van der Waals surface area (Å²) in [6, 6.07) is 1.83. The van der Waals surface area contributed by atoms with Crippen molar-refractivity contribution in [2.45, 2.75) is 12.8 Å². The van der Waals surface area contributed by atoms with Gasteiger partial charge in [-0.25, -0.2) is 13.8 Å². The van der Waals surface area contributed by atoms with Gasteiger partial charge in [0, 0.05) is 11.8 Å². The molecule has 0 radical (unpaired) electrons. The van der Waals surface area contributed by atoms with Gasteiger partial charge in [-0.05, 0) is 44.1 Å². The Hall–Kier alpha value is -0.290. The first-order chi connectivity index (χ1) is 6.57. The quantitative estimate of drug-likeness (QED) is 0.589. The van der Waals surface area contributed by atoms with Gasteiger partial charge in [-0.2, -0.15) is 5.26 Å². The van der Waals surface area contributed by atoms with Crippen molar-refractivity contribution in [1.29, 1.82) is 5.26 Å². The summed E-state index contributed by atoms with van der Waals surface area (Å²) in [5, 5.41) is 8.45. The third kappa shape index (κ3) is 2.39. The molecule has 0 N–H and O–H groups in total. The van der Waals surface area contributed by atoms with Gasteiger partial charge in [0.25, 0.3) is 6.43 Å². The Labute approximate surface area is 102 Å². The molecule has 0 unspecified atom stereocenters. The zero-order valence-corrected chi connectivity index (χ0v) is 10.5. The van der Waals surface area contributed by atoms with Gasteiger partial charge in [-0.1, -0.05) is 0 Å². The molecule has 2 nitrogen and oxygen atoms in total. The summed E-state index contributed by atoms with van der Waals surface area (Å²) in [4.78, 5) is 3.87. The largest absolute Gasteiger partial charge is 0.265 e. The molecule has 1 aromatic heterocycles. The number of hydrogen-bond donors (Lipinski definition) is 0. The molecule has 14 heavy (non-hydrogen) atoms. The van der Waals surface area contributed by atoms with E-state index in [1.54, 1.807) is 22.6 Å². The standard InChI is InChI=1S/C8H4BrF2IN2/c9-7-6(12)5(8(10)11)4(1-2-13)3-14-7/h3,8H,1H2. The second-order valence-corrected chi connectivity index (χ2v) is 4.27. The summed E-state index contributed by atoms with van der Waals surface area (Å²) in [6.07, 6.45) is -1.32. The molecule has 74 valence electrons. The molecule has 0 saturated heterocycles. The highest BCUT2D eigenvalue weighted by Gasteiger charge is 2.19. The van der Waals surface area contributed by atoms with Crippen LogP contribution in [0.3, 0.4) is 0 Å². The minimum absolute atomic E-state index is 0.0457. The molecule has 1 rings (SSSR count). The lowest BCUT2D eigenvalue weighted by atomic mass is 10.1. The van der Waals surface area contributed by atoms with Crippen LogP contribution in [0.1, 0.15) is 17.6 Å². The van der Waals surface area contributed by atoms with E-state index in [0.29, 0.717) is 8.17 Å². The maximum Gasteiger partial charge on any atom is 0.265 e. The summed E-state index contributed by atoms with van der Waals surface area (Å²) in [6.45, 7) is 0. The van der Waals surface area contributed by atoms with Gasteiger partial charge in [0.1, 0.15) is 4.60 Å². The van der Waals surface area contributed by atoms with E-state index in [0.717, 1.165) is 0 Å². The first-order valence-electron chi connectivity index (χ1n) is 3.55. The van der Waals surface area contributed by atoms with Gasteiger partial charge in [-0.3, -0.25) is 0 Å². The van der Waals surface area contributed by atoms with Crippen LogP contribution in [0, 0.1) is 14.9 Å². The third-order valence-electron chi connectivity index (χ3n) is 1.58. The molecule has 1 heterocycles. The molecule has 1 aromatic rings. The molecule has 0 aliphatic heterocycles. The number of nitriles is 1. The molecule has 0 bridgehead atoms. The summed E-state index contributed by atoms with van der Waals surface area (Å²) in [5.41, 5.74) is 0.184. The Balaban J connectivity index is 3.31. The minimum Gasteiger partial charge on any atom is -0.248 e. The van der Waals surface area contributed by atoms with Crippen LogP contribution < -0.4 is 0 Å². The van der Waals surface area contributed by atoms with Gasteiger partial charge in [0.2, 0.25) is 0 Å². The van der Waals surface area contributed by atoms with Crippen LogP contribution in [0.5, 0.6) is 0 Å². The van der Waals surface area contributed by atoms with Gasteiger partial charge < -0.3 is 0 Å². The molecule has 0 fully saturated rings. The van der Waals surface area contributed by atoms with Crippen molar-refractivity contribution in [1.82, 2.24) is 4.98 Å². The van der Waals surface area contributed by atoms with Gasteiger partial charge in [-0.15, -0.1) is 0 Å². The summed E-state index contributed by atoms with van der Waals surface area (Å²) in [5.74, 6) is 0. The van der Waals surface area contributed by atoms with E-state index in [1.807, 2.05) is 6.07 Å². The van der Waals surface area contributed by atoms with Crippen LogP contribution in [-0.2, 0) is 6.42 Å². The van der Waals surface area contributed by atoms with Crippen molar-refractivity contribution >= 4 is 38.5 Å². The van der Waals surface area contributed by atoms with Crippen molar-refractivity contribution < 1.29 is 8.78 Å². The fourth-order valence-corrected chi connectivity index (χ4v) is 2.01. The van der Waals surface area contributed by atoms with Crippen LogP contribution >= 0.6 is 38.5 Å². The molecular formula is C8H4BrF2IN2. The Morgan fingerprint density at radius 1 is 1.64 bits per heavy atom. The molecule has 6 heteroatoms. The van der Waals surface area contributed by atoms with Gasteiger partial charge >= 0.3 is 0 Å². The van der Waals surface area contributed by atoms with E-state index in [4.69, 9.17) is 5.26 Å². The van der Waals surface area contributed by atoms with E-state index in [9.17, 15) is 8.78 Å². The number of aromatic nitrogens is 1. The Kier molecular flexibility index (Phi) is 4.19. The van der Waals surface area contributed by atoms with Crippen molar-refractivity contribution in [2.75, 3.05) is 0 Å². The molecule has 0 saturated carbocycles. The van der Waals surface area contributed by atoms with Crippen molar-refractivity contribution in [3.63, 3.8) is 0 Å². The number of nitrogens with zero attached hydrogens (tertiary/aromatic N) is 2. The first kappa shape index (κ1) is 11.8. The molecule has 0 aliphatic carbocycles. The average Bonchev–Trinajstić information content (AvgIpc) is 2.11.